The highest BCUT2D eigenvalue weighted by molar-refractivity contribution is 7.99. The predicted molar refractivity (Wildman–Crippen MR) is 106 cm³/mol. The van der Waals surface area contributed by atoms with Crippen molar-refractivity contribution in [3.05, 3.63) is 48.0 Å². The number of benzene rings is 1. The minimum Gasteiger partial charge on any atom is -0.466 e. The van der Waals surface area contributed by atoms with E-state index in [4.69, 9.17) is 4.74 Å². The van der Waals surface area contributed by atoms with E-state index in [1.54, 1.807) is 22.7 Å². The number of β-lactam (4-membered cyclic amide) rings is 1. The van der Waals surface area contributed by atoms with Gasteiger partial charge in [0.2, 0.25) is 5.91 Å². The van der Waals surface area contributed by atoms with E-state index in [0.717, 1.165) is 17.7 Å². The average molecular weight is 404 g/mol. The Balaban J connectivity index is 1.64. The monoisotopic (exact) mass is 403 g/mol. The molecule has 150 valence electrons. The van der Waals surface area contributed by atoms with Crippen LogP contribution in [-0.4, -0.2) is 52.9 Å². The van der Waals surface area contributed by atoms with Crippen LogP contribution in [-0.2, 0) is 30.5 Å². The number of ether oxygens (including phenoxy) is 2. The summed E-state index contributed by atoms with van der Waals surface area (Å²) in [5, 5.41) is 0.0387. The van der Waals surface area contributed by atoms with Crippen LogP contribution in [0.25, 0.3) is 0 Å². The van der Waals surface area contributed by atoms with Gasteiger partial charge in [-0.15, -0.1) is 0 Å². The van der Waals surface area contributed by atoms with Gasteiger partial charge in [-0.05, 0) is 24.2 Å². The van der Waals surface area contributed by atoms with Crippen LogP contribution in [0.2, 0.25) is 0 Å². The number of carbonyl (C=O) groups is 3. The third-order valence-corrected chi connectivity index (χ3v) is 6.42. The van der Waals surface area contributed by atoms with Gasteiger partial charge in [0.15, 0.2) is 0 Å². The number of allylic oxidation sites excluding steroid dienone is 1. The Hall–Kier alpha value is -2.28. The van der Waals surface area contributed by atoms with Crippen molar-refractivity contribution in [3.63, 3.8) is 0 Å². The molecule has 1 amide bonds. The van der Waals surface area contributed by atoms with Gasteiger partial charge in [-0.25, -0.2) is 9.59 Å². The molecule has 2 heterocycles. The molecule has 2 fully saturated rings. The number of hydrogen-bond acceptors (Lipinski definition) is 6. The van der Waals surface area contributed by atoms with Gasteiger partial charge in [0.25, 0.3) is 0 Å². The second kappa shape index (κ2) is 9.28. The second-order valence-electron chi connectivity index (χ2n) is 6.85. The van der Waals surface area contributed by atoms with Crippen LogP contribution in [0, 0.1) is 5.92 Å². The molecule has 3 unspecified atom stereocenters. The average Bonchev–Trinajstić information content (AvgIpc) is 3.05. The van der Waals surface area contributed by atoms with E-state index in [1.807, 2.05) is 37.3 Å². The van der Waals surface area contributed by atoms with Crippen LogP contribution >= 0.6 is 11.8 Å². The Morgan fingerprint density at radius 1 is 1.29 bits per heavy atom. The zero-order valence-corrected chi connectivity index (χ0v) is 16.9. The molecule has 1 aromatic rings. The molecule has 0 saturated carbocycles. The molecule has 1 aromatic carbocycles. The van der Waals surface area contributed by atoms with Crippen LogP contribution in [0.4, 0.5) is 0 Å². The zero-order chi connectivity index (χ0) is 20.1. The SMILES string of the molecule is CCSC1CC2C(CC=CC(=O)OC)C(=O)N2[C@@H]1C(=O)OCc1ccccc1. The topological polar surface area (TPSA) is 72.9 Å². The first-order chi connectivity index (χ1) is 13.6. The van der Waals surface area contributed by atoms with Gasteiger partial charge in [-0.1, -0.05) is 43.3 Å². The Kier molecular flexibility index (Phi) is 6.78. The van der Waals surface area contributed by atoms with Crippen LogP contribution in [0.5, 0.6) is 0 Å². The van der Waals surface area contributed by atoms with Crippen molar-refractivity contribution in [2.24, 2.45) is 5.92 Å². The van der Waals surface area contributed by atoms with Gasteiger partial charge in [0.1, 0.15) is 12.6 Å². The molecule has 2 aliphatic rings. The molecule has 7 heteroatoms. The summed E-state index contributed by atoms with van der Waals surface area (Å²) in [7, 11) is 1.32. The van der Waals surface area contributed by atoms with Crippen LogP contribution in [0.3, 0.4) is 0 Å². The Morgan fingerprint density at radius 2 is 2.04 bits per heavy atom. The van der Waals surface area contributed by atoms with Gasteiger partial charge >= 0.3 is 11.9 Å². The highest BCUT2D eigenvalue weighted by atomic mass is 32.2. The highest BCUT2D eigenvalue weighted by Crippen LogP contribution is 2.45. The summed E-state index contributed by atoms with van der Waals surface area (Å²) in [5.41, 5.74) is 0.922. The van der Waals surface area contributed by atoms with E-state index >= 15 is 0 Å². The summed E-state index contributed by atoms with van der Waals surface area (Å²) in [5.74, 6) is -0.131. The molecule has 3 rings (SSSR count). The van der Waals surface area contributed by atoms with Gasteiger partial charge in [-0.3, -0.25) is 4.79 Å². The molecule has 28 heavy (non-hydrogen) atoms. The zero-order valence-electron chi connectivity index (χ0n) is 16.1. The number of methoxy groups -OCH3 is 1. The van der Waals surface area contributed by atoms with Crippen LogP contribution in [0.15, 0.2) is 42.5 Å². The summed E-state index contributed by atoms with van der Waals surface area (Å²) < 4.78 is 10.1. The van der Waals surface area contributed by atoms with Gasteiger partial charge in [-0.2, -0.15) is 11.8 Å². The lowest BCUT2D eigenvalue weighted by atomic mass is 9.85. The van der Waals surface area contributed by atoms with Crippen molar-refractivity contribution in [1.82, 2.24) is 4.90 Å². The smallest absolute Gasteiger partial charge is 0.330 e. The number of fused-ring (bicyclic) bond motifs is 1. The number of hydrogen-bond donors (Lipinski definition) is 0. The molecule has 0 bridgehead atoms. The van der Waals surface area contributed by atoms with Crippen molar-refractivity contribution in [1.29, 1.82) is 0 Å². The molecule has 0 radical (unpaired) electrons. The molecule has 4 atom stereocenters. The van der Waals surface area contributed by atoms with Crippen molar-refractivity contribution in [2.45, 2.75) is 43.7 Å². The predicted octanol–water partition coefficient (Wildman–Crippen LogP) is 2.57. The fourth-order valence-electron chi connectivity index (χ4n) is 3.89. The highest BCUT2D eigenvalue weighted by Gasteiger charge is 2.59. The standard InChI is InChI=1S/C21H25NO5S/c1-3-28-17-12-16-15(10-7-11-18(23)26-2)20(24)22(16)19(17)21(25)27-13-14-8-5-4-6-9-14/h4-9,11,15-17,19H,3,10,12-13H2,1-2H3/t15?,16?,17?,19-/m0/s1. The molecular formula is C21H25NO5S. The third-order valence-electron chi connectivity index (χ3n) is 5.21. The molecule has 0 spiro atoms. The fraction of sp³-hybridized carbons (Fsp3) is 0.476. The molecule has 0 aromatic heterocycles. The maximum Gasteiger partial charge on any atom is 0.330 e. The Morgan fingerprint density at radius 3 is 2.71 bits per heavy atom. The summed E-state index contributed by atoms with van der Waals surface area (Å²) in [6.07, 6.45) is 4.26. The Bertz CT molecular complexity index is 750. The molecule has 0 aliphatic carbocycles. The van der Waals surface area contributed by atoms with Crippen molar-refractivity contribution >= 4 is 29.6 Å². The largest absolute Gasteiger partial charge is 0.466 e. The minimum absolute atomic E-state index is 0.0214. The Labute approximate surface area is 169 Å². The van der Waals surface area contributed by atoms with E-state index in [-0.39, 0.29) is 35.7 Å². The number of thioether (sulfide) groups is 1. The fourth-order valence-corrected chi connectivity index (χ4v) is 5.07. The second-order valence-corrected chi connectivity index (χ2v) is 8.36. The van der Waals surface area contributed by atoms with E-state index in [9.17, 15) is 14.4 Å². The number of amides is 1. The maximum absolute atomic E-state index is 12.8. The summed E-state index contributed by atoms with van der Waals surface area (Å²) in [6.45, 7) is 2.25. The summed E-state index contributed by atoms with van der Waals surface area (Å²) in [6, 6.07) is 9.00. The van der Waals surface area contributed by atoms with Crippen molar-refractivity contribution in [2.75, 3.05) is 12.9 Å². The molecule has 0 N–H and O–H groups in total. The van der Waals surface area contributed by atoms with E-state index in [2.05, 4.69) is 4.74 Å². The van der Waals surface area contributed by atoms with Gasteiger partial charge in [0, 0.05) is 17.4 Å². The number of esters is 2. The van der Waals surface area contributed by atoms with E-state index < -0.39 is 12.0 Å². The molecular weight excluding hydrogens is 378 g/mol. The lowest BCUT2D eigenvalue weighted by molar-refractivity contribution is -0.166. The number of nitrogens with zero attached hydrogens (tertiary/aromatic N) is 1. The lowest BCUT2D eigenvalue weighted by Crippen LogP contribution is -2.62. The summed E-state index contributed by atoms with van der Waals surface area (Å²) in [4.78, 5) is 38.4. The molecule has 2 aliphatic heterocycles. The number of rotatable bonds is 8. The van der Waals surface area contributed by atoms with Gasteiger partial charge < -0.3 is 14.4 Å². The molecule has 6 nitrogen and oxygen atoms in total. The van der Waals surface area contributed by atoms with Crippen molar-refractivity contribution in [3.8, 4) is 0 Å². The van der Waals surface area contributed by atoms with Crippen LogP contribution in [0.1, 0.15) is 25.3 Å². The molecule has 2 saturated heterocycles. The summed E-state index contributed by atoms with van der Waals surface area (Å²) >= 11 is 1.69. The normalized spacial score (nSPS) is 26.1. The number of carbonyl (C=O) groups excluding carboxylic acids is 3. The first-order valence-electron chi connectivity index (χ1n) is 9.45. The quantitative estimate of drug-likeness (QED) is 0.377. The minimum atomic E-state index is -0.535. The van der Waals surface area contributed by atoms with Crippen LogP contribution < -0.4 is 0 Å². The first-order valence-corrected chi connectivity index (χ1v) is 10.5. The third kappa shape index (κ3) is 4.24. The van der Waals surface area contributed by atoms with E-state index in [0.29, 0.717) is 6.42 Å². The maximum atomic E-state index is 12.8. The van der Waals surface area contributed by atoms with E-state index in [1.165, 1.54) is 13.2 Å². The first kappa shape index (κ1) is 20.5. The van der Waals surface area contributed by atoms with Gasteiger partial charge in [0.05, 0.1) is 13.0 Å². The lowest BCUT2D eigenvalue weighted by Gasteiger charge is -2.44. The van der Waals surface area contributed by atoms with Crippen molar-refractivity contribution < 1.29 is 23.9 Å².